The summed E-state index contributed by atoms with van der Waals surface area (Å²) in [6, 6.07) is 13.6. The number of nitrogens with zero attached hydrogens (tertiary/aromatic N) is 4. The van der Waals surface area contributed by atoms with Gasteiger partial charge < -0.3 is 29.6 Å². The second-order valence-electron chi connectivity index (χ2n) is 10.9. The number of likely N-dealkylation sites (tertiary alicyclic amines) is 1. The molecule has 1 aliphatic heterocycles. The van der Waals surface area contributed by atoms with Crippen LogP contribution in [0.4, 0.5) is 14.9 Å². The fourth-order valence-electron chi connectivity index (χ4n) is 4.58. The van der Waals surface area contributed by atoms with E-state index in [1.165, 1.54) is 12.1 Å². The molecule has 0 saturated carbocycles. The summed E-state index contributed by atoms with van der Waals surface area (Å²) < 4.78 is 39.6. The molecule has 0 aliphatic carbocycles. The van der Waals surface area contributed by atoms with E-state index in [1.54, 1.807) is 35.0 Å². The molecule has 0 atom stereocenters. The van der Waals surface area contributed by atoms with Gasteiger partial charge in [-0.2, -0.15) is 0 Å². The maximum atomic E-state index is 14.6. The lowest BCUT2D eigenvalue weighted by Crippen LogP contribution is -2.44. The van der Waals surface area contributed by atoms with Crippen molar-refractivity contribution in [3.8, 4) is 23.1 Å². The summed E-state index contributed by atoms with van der Waals surface area (Å²) in [7, 11) is 1.62. The molecule has 41 heavy (non-hydrogen) atoms. The van der Waals surface area contributed by atoms with E-state index in [0.29, 0.717) is 60.8 Å². The van der Waals surface area contributed by atoms with Gasteiger partial charge in [0.1, 0.15) is 28.6 Å². The third kappa shape index (κ3) is 6.62. The molecular formula is C30H34FN5O5. The molecule has 1 amide bonds. The molecule has 0 radical (unpaired) electrons. The summed E-state index contributed by atoms with van der Waals surface area (Å²) in [5, 5.41) is 5.28. The van der Waals surface area contributed by atoms with E-state index in [2.05, 4.69) is 4.98 Å². The zero-order valence-corrected chi connectivity index (χ0v) is 23.6. The first-order chi connectivity index (χ1) is 19.6. The number of pyridine rings is 1. The lowest BCUT2D eigenvalue weighted by Gasteiger charge is -2.33. The molecular weight excluding hydrogens is 529 g/mol. The standard InChI is InChI=1S/C30H34FN5O5/c1-30(2,3)41-29(37)35-15-12-22(13-16-35)39-28-26-25(40-24-10-7-20(32)17-23(24)31)11-14-33-27(26)36(34-28)18-19-5-8-21(38-4)9-6-19/h5-11,14,17,22H,12-13,15-16,18,32H2,1-4H3. The number of hydrogen-bond donors (Lipinski definition) is 1. The maximum Gasteiger partial charge on any atom is 0.410 e. The van der Waals surface area contributed by atoms with Crippen LogP contribution in [-0.4, -0.2) is 57.7 Å². The number of hydrogen-bond acceptors (Lipinski definition) is 8. The predicted molar refractivity (Wildman–Crippen MR) is 152 cm³/mol. The highest BCUT2D eigenvalue weighted by Gasteiger charge is 2.29. The number of anilines is 1. The number of benzene rings is 2. The Balaban J connectivity index is 1.43. The SMILES string of the molecule is COc1ccc(Cn2nc(OC3CCN(C(=O)OC(C)(C)C)CC3)c3c(Oc4ccc(N)cc4F)ccnc32)cc1. The number of carbonyl (C=O) groups excluding carboxylic acids is 1. The topological polar surface area (TPSA) is 114 Å². The van der Waals surface area contributed by atoms with Crippen LogP contribution in [0.1, 0.15) is 39.2 Å². The predicted octanol–water partition coefficient (Wildman–Crippen LogP) is 5.78. The second kappa shape index (κ2) is 11.5. The van der Waals surface area contributed by atoms with Gasteiger partial charge in [0.2, 0.25) is 5.88 Å². The van der Waals surface area contributed by atoms with Crippen molar-refractivity contribution >= 4 is 22.8 Å². The number of nitrogen functional groups attached to an aromatic ring is 1. The van der Waals surface area contributed by atoms with E-state index >= 15 is 0 Å². The Kier molecular flexibility index (Phi) is 7.87. The molecule has 0 bridgehead atoms. The molecule has 4 aromatic rings. The summed E-state index contributed by atoms with van der Waals surface area (Å²) in [6.45, 7) is 6.92. The van der Waals surface area contributed by atoms with Gasteiger partial charge in [0, 0.05) is 49.9 Å². The maximum absolute atomic E-state index is 14.6. The van der Waals surface area contributed by atoms with E-state index in [9.17, 15) is 9.18 Å². The van der Waals surface area contributed by atoms with Crippen molar-refractivity contribution in [2.75, 3.05) is 25.9 Å². The number of piperidine rings is 1. The summed E-state index contributed by atoms with van der Waals surface area (Å²) in [4.78, 5) is 18.8. The van der Waals surface area contributed by atoms with Crippen molar-refractivity contribution in [3.63, 3.8) is 0 Å². The molecule has 1 fully saturated rings. The number of methoxy groups -OCH3 is 1. The Hall–Kier alpha value is -4.54. The molecule has 2 aromatic heterocycles. The third-order valence-electron chi connectivity index (χ3n) is 6.60. The van der Waals surface area contributed by atoms with Gasteiger partial charge in [-0.3, -0.25) is 0 Å². The first-order valence-electron chi connectivity index (χ1n) is 13.5. The number of halogens is 1. The van der Waals surface area contributed by atoms with E-state index in [4.69, 9.17) is 29.8 Å². The number of ether oxygens (including phenoxy) is 4. The van der Waals surface area contributed by atoms with Crippen LogP contribution in [0.3, 0.4) is 0 Å². The first kappa shape index (κ1) is 28.0. The normalized spacial score (nSPS) is 14.2. The number of rotatable bonds is 7. The number of amides is 1. The zero-order valence-electron chi connectivity index (χ0n) is 23.6. The Morgan fingerprint density at radius 3 is 2.46 bits per heavy atom. The molecule has 2 N–H and O–H groups in total. The summed E-state index contributed by atoms with van der Waals surface area (Å²) >= 11 is 0. The zero-order chi connectivity index (χ0) is 29.1. The molecule has 1 saturated heterocycles. The molecule has 10 nitrogen and oxygen atoms in total. The van der Waals surface area contributed by atoms with Crippen molar-refractivity contribution < 1.29 is 28.1 Å². The van der Waals surface area contributed by atoms with Crippen LogP contribution in [0.25, 0.3) is 11.0 Å². The number of carbonyl (C=O) groups is 1. The highest BCUT2D eigenvalue weighted by Crippen LogP contribution is 2.37. The smallest absolute Gasteiger partial charge is 0.410 e. The highest BCUT2D eigenvalue weighted by molar-refractivity contribution is 5.88. The van der Waals surface area contributed by atoms with Crippen LogP contribution in [0, 0.1) is 5.82 Å². The average molecular weight is 564 g/mol. The Morgan fingerprint density at radius 1 is 1.07 bits per heavy atom. The Morgan fingerprint density at radius 2 is 1.80 bits per heavy atom. The average Bonchev–Trinajstić information content (AvgIpc) is 3.27. The fraction of sp³-hybridized carbons (Fsp3) is 0.367. The summed E-state index contributed by atoms with van der Waals surface area (Å²) in [6.07, 6.45) is 2.23. The van der Waals surface area contributed by atoms with Crippen LogP contribution >= 0.6 is 0 Å². The minimum Gasteiger partial charge on any atom is -0.497 e. The summed E-state index contributed by atoms with van der Waals surface area (Å²) in [5.74, 6) is 0.855. The van der Waals surface area contributed by atoms with Gasteiger partial charge in [-0.1, -0.05) is 12.1 Å². The molecule has 11 heteroatoms. The van der Waals surface area contributed by atoms with Gasteiger partial charge in [0.05, 0.1) is 13.7 Å². The lowest BCUT2D eigenvalue weighted by molar-refractivity contribution is 0.0123. The Labute approximate surface area is 237 Å². The van der Waals surface area contributed by atoms with Crippen molar-refractivity contribution in [3.05, 3.63) is 66.1 Å². The van der Waals surface area contributed by atoms with E-state index in [0.717, 1.165) is 11.3 Å². The number of nitrogens with two attached hydrogens (primary N) is 1. The number of fused-ring (bicyclic) bond motifs is 1. The van der Waals surface area contributed by atoms with E-state index in [-0.39, 0.29) is 17.9 Å². The first-order valence-corrected chi connectivity index (χ1v) is 13.5. The Bertz CT molecular complexity index is 1530. The second-order valence-corrected chi connectivity index (χ2v) is 10.9. The molecule has 0 unspecified atom stereocenters. The van der Waals surface area contributed by atoms with Crippen molar-refractivity contribution in [2.45, 2.75) is 51.9 Å². The fourth-order valence-corrected chi connectivity index (χ4v) is 4.58. The van der Waals surface area contributed by atoms with Gasteiger partial charge in [-0.15, -0.1) is 5.10 Å². The van der Waals surface area contributed by atoms with Crippen LogP contribution in [0.2, 0.25) is 0 Å². The monoisotopic (exact) mass is 563 g/mol. The van der Waals surface area contributed by atoms with Crippen LogP contribution in [0.15, 0.2) is 54.7 Å². The van der Waals surface area contributed by atoms with Crippen molar-refractivity contribution in [1.82, 2.24) is 19.7 Å². The number of aromatic nitrogens is 3. The quantitative estimate of drug-likeness (QED) is 0.282. The molecule has 3 heterocycles. The van der Waals surface area contributed by atoms with Gasteiger partial charge in [0.25, 0.3) is 0 Å². The summed E-state index contributed by atoms with van der Waals surface area (Å²) in [5.41, 5.74) is 6.95. The largest absolute Gasteiger partial charge is 0.497 e. The highest BCUT2D eigenvalue weighted by atomic mass is 19.1. The van der Waals surface area contributed by atoms with Gasteiger partial charge in [-0.05, 0) is 50.6 Å². The van der Waals surface area contributed by atoms with Gasteiger partial charge in [-0.25, -0.2) is 18.9 Å². The van der Waals surface area contributed by atoms with Crippen molar-refractivity contribution in [1.29, 1.82) is 0 Å². The molecule has 1 aliphatic rings. The van der Waals surface area contributed by atoms with Crippen LogP contribution in [0.5, 0.6) is 23.1 Å². The van der Waals surface area contributed by atoms with Gasteiger partial charge in [0.15, 0.2) is 17.2 Å². The molecule has 5 rings (SSSR count). The van der Waals surface area contributed by atoms with Gasteiger partial charge >= 0.3 is 6.09 Å². The molecule has 0 spiro atoms. The van der Waals surface area contributed by atoms with Crippen LogP contribution < -0.4 is 19.9 Å². The van der Waals surface area contributed by atoms with Crippen molar-refractivity contribution in [2.24, 2.45) is 0 Å². The minimum absolute atomic E-state index is 0.0197. The minimum atomic E-state index is -0.586. The van der Waals surface area contributed by atoms with E-state index in [1.807, 2.05) is 45.0 Å². The lowest BCUT2D eigenvalue weighted by atomic mass is 10.1. The third-order valence-corrected chi connectivity index (χ3v) is 6.60. The molecule has 2 aromatic carbocycles. The van der Waals surface area contributed by atoms with E-state index < -0.39 is 11.4 Å². The van der Waals surface area contributed by atoms with Crippen LogP contribution in [-0.2, 0) is 11.3 Å². The molecule has 216 valence electrons.